The van der Waals surface area contributed by atoms with Gasteiger partial charge in [-0.15, -0.1) is 0 Å². The molecule has 0 unspecified atom stereocenters. The number of hydrogen-bond donors (Lipinski definition) is 2. The standard InChI is InChI=1S/C23H21NO7/c1-27-15-8-7-13-18(22(14-6-5-9-24-14)31-21(13)20(15)26)19(25)12-10-16(28-2)23(30-4)17(11-12)29-3/h5-11,24,26H,1-4H3. The number of aromatic nitrogens is 1. The number of H-pyrrole nitrogens is 1. The lowest BCUT2D eigenvalue weighted by molar-refractivity contribution is 0.103. The van der Waals surface area contributed by atoms with E-state index in [9.17, 15) is 9.90 Å². The first-order chi connectivity index (χ1) is 15.0. The highest BCUT2D eigenvalue weighted by Gasteiger charge is 2.28. The largest absolute Gasteiger partial charge is 0.502 e. The molecule has 2 aromatic heterocycles. The van der Waals surface area contributed by atoms with Gasteiger partial charge < -0.3 is 33.5 Å². The number of hydrogen-bond acceptors (Lipinski definition) is 7. The van der Waals surface area contributed by atoms with Crippen LogP contribution in [-0.4, -0.2) is 44.3 Å². The highest BCUT2D eigenvalue weighted by Crippen LogP contribution is 2.44. The molecule has 4 rings (SSSR count). The molecule has 4 aromatic rings. The van der Waals surface area contributed by atoms with Crippen LogP contribution >= 0.6 is 0 Å². The summed E-state index contributed by atoms with van der Waals surface area (Å²) in [5, 5.41) is 11.0. The zero-order valence-corrected chi connectivity index (χ0v) is 17.4. The molecule has 2 heterocycles. The van der Waals surface area contributed by atoms with Crippen LogP contribution in [0.25, 0.3) is 22.4 Å². The van der Waals surface area contributed by atoms with Gasteiger partial charge >= 0.3 is 0 Å². The molecule has 31 heavy (non-hydrogen) atoms. The molecular weight excluding hydrogens is 402 g/mol. The quantitative estimate of drug-likeness (QED) is 0.425. The van der Waals surface area contributed by atoms with Gasteiger partial charge in [-0.2, -0.15) is 0 Å². The van der Waals surface area contributed by atoms with E-state index in [1.807, 2.05) is 0 Å². The molecular formula is C23H21NO7. The summed E-state index contributed by atoms with van der Waals surface area (Å²) >= 11 is 0. The van der Waals surface area contributed by atoms with Gasteiger partial charge in [0.1, 0.15) is 0 Å². The number of ether oxygens (including phenoxy) is 4. The van der Waals surface area contributed by atoms with Gasteiger partial charge in [-0.3, -0.25) is 4.79 Å². The molecule has 2 N–H and O–H groups in total. The van der Waals surface area contributed by atoms with Gasteiger partial charge in [-0.25, -0.2) is 0 Å². The molecule has 0 bridgehead atoms. The summed E-state index contributed by atoms with van der Waals surface area (Å²) in [7, 11) is 5.89. The van der Waals surface area contributed by atoms with Crippen LogP contribution in [0, 0.1) is 0 Å². The number of nitrogens with one attached hydrogen (secondary N) is 1. The Balaban J connectivity index is 1.98. The fourth-order valence-electron chi connectivity index (χ4n) is 3.54. The van der Waals surface area contributed by atoms with Gasteiger partial charge in [-0.05, 0) is 36.4 Å². The number of ketones is 1. The molecule has 0 atom stereocenters. The highest BCUT2D eigenvalue weighted by molar-refractivity contribution is 6.20. The van der Waals surface area contributed by atoms with Crippen LogP contribution in [0.3, 0.4) is 0 Å². The summed E-state index contributed by atoms with van der Waals surface area (Å²) in [6.07, 6.45) is 1.72. The van der Waals surface area contributed by atoms with E-state index in [0.29, 0.717) is 39.7 Å². The second-order valence-electron chi connectivity index (χ2n) is 6.63. The van der Waals surface area contributed by atoms with Crippen molar-refractivity contribution in [3.63, 3.8) is 0 Å². The molecule has 0 aliphatic carbocycles. The van der Waals surface area contributed by atoms with E-state index >= 15 is 0 Å². The molecule has 0 saturated carbocycles. The van der Waals surface area contributed by atoms with Crippen molar-refractivity contribution >= 4 is 16.8 Å². The van der Waals surface area contributed by atoms with Gasteiger partial charge in [0.15, 0.2) is 34.4 Å². The molecule has 0 radical (unpaired) electrons. The normalized spacial score (nSPS) is 10.8. The van der Waals surface area contributed by atoms with Gasteiger partial charge in [-0.1, -0.05) is 0 Å². The molecule has 2 aromatic carbocycles. The predicted octanol–water partition coefficient (Wildman–Crippen LogP) is 4.40. The van der Waals surface area contributed by atoms with Crippen LogP contribution in [0.15, 0.2) is 47.0 Å². The minimum Gasteiger partial charge on any atom is -0.502 e. The lowest BCUT2D eigenvalue weighted by Crippen LogP contribution is -2.05. The molecule has 0 fully saturated rings. The Morgan fingerprint density at radius 1 is 0.935 bits per heavy atom. The minimum atomic E-state index is -0.341. The third-order valence-electron chi connectivity index (χ3n) is 5.01. The number of carbonyl (C=O) groups excluding carboxylic acids is 1. The van der Waals surface area contributed by atoms with E-state index in [1.54, 1.807) is 42.6 Å². The summed E-state index contributed by atoms with van der Waals surface area (Å²) < 4.78 is 27.2. The Kier molecular flexibility index (Phi) is 5.21. The van der Waals surface area contributed by atoms with Crippen LogP contribution < -0.4 is 18.9 Å². The lowest BCUT2D eigenvalue weighted by atomic mass is 9.98. The second kappa shape index (κ2) is 7.98. The number of furan rings is 1. The number of aromatic hydroxyl groups is 1. The van der Waals surface area contributed by atoms with Crippen molar-refractivity contribution in [2.75, 3.05) is 28.4 Å². The van der Waals surface area contributed by atoms with Crippen LogP contribution in [0.2, 0.25) is 0 Å². The number of rotatable bonds is 7. The van der Waals surface area contributed by atoms with E-state index < -0.39 is 0 Å². The van der Waals surface area contributed by atoms with Crippen molar-refractivity contribution < 1.29 is 33.3 Å². The zero-order valence-electron chi connectivity index (χ0n) is 17.4. The molecule has 160 valence electrons. The van der Waals surface area contributed by atoms with E-state index in [4.69, 9.17) is 23.4 Å². The van der Waals surface area contributed by atoms with Crippen molar-refractivity contribution in [2.24, 2.45) is 0 Å². The number of aromatic amines is 1. The molecule has 0 amide bonds. The summed E-state index contributed by atoms with van der Waals surface area (Å²) in [5.41, 5.74) is 1.33. The van der Waals surface area contributed by atoms with E-state index in [2.05, 4.69) is 4.98 Å². The molecule has 8 nitrogen and oxygen atoms in total. The van der Waals surface area contributed by atoms with E-state index in [0.717, 1.165) is 0 Å². The van der Waals surface area contributed by atoms with Crippen LogP contribution in [0.5, 0.6) is 28.7 Å². The smallest absolute Gasteiger partial charge is 0.203 e. The third kappa shape index (κ3) is 3.22. The van der Waals surface area contributed by atoms with E-state index in [-0.39, 0.29) is 28.4 Å². The molecule has 0 saturated heterocycles. The van der Waals surface area contributed by atoms with Gasteiger partial charge in [0.05, 0.1) is 39.7 Å². The van der Waals surface area contributed by atoms with Crippen molar-refractivity contribution in [3.8, 4) is 40.2 Å². The number of fused-ring (bicyclic) bond motifs is 1. The predicted molar refractivity (Wildman–Crippen MR) is 114 cm³/mol. The summed E-state index contributed by atoms with van der Waals surface area (Å²) in [6.45, 7) is 0. The Morgan fingerprint density at radius 2 is 1.61 bits per heavy atom. The average molecular weight is 423 g/mol. The van der Waals surface area contributed by atoms with Crippen LogP contribution in [-0.2, 0) is 0 Å². The molecule has 0 aliphatic rings. The lowest BCUT2D eigenvalue weighted by Gasteiger charge is -2.13. The number of benzene rings is 2. The van der Waals surface area contributed by atoms with Crippen molar-refractivity contribution in [1.29, 1.82) is 0 Å². The van der Waals surface area contributed by atoms with Gasteiger partial charge in [0, 0.05) is 17.1 Å². The fraction of sp³-hybridized carbons (Fsp3) is 0.174. The van der Waals surface area contributed by atoms with Crippen molar-refractivity contribution in [3.05, 3.63) is 53.7 Å². The Morgan fingerprint density at radius 3 is 2.16 bits per heavy atom. The van der Waals surface area contributed by atoms with Gasteiger partial charge in [0.25, 0.3) is 0 Å². The topological polar surface area (TPSA) is 103 Å². The Hall–Kier alpha value is -4.07. The van der Waals surface area contributed by atoms with Crippen molar-refractivity contribution in [2.45, 2.75) is 0 Å². The molecule has 8 heteroatoms. The number of carbonyl (C=O) groups is 1. The maximum atomic E-state index is 13.7. The average Bonchev–Trinajstić information content (AvgIpc) is 3.46. The van der Waals surface area contributed by atoms with E-state index in [1.165, 1.54) is 28.4 Å². The highest BCUT2D eigenvalue weighted by atomic mass is 16.5. The van der Waals surface area contributed by atoms with Crippen molar-refractivity contribution in [1.82, 2.24) is 4.98 Å². The summed E-state index contributed by atoms with van der Waals surface area (Å²) in [4.78, 5) is 16.7. The summed E-state index contributed by atoms with van der Waals surface area (Å²) in [5.74, 6) is 1.09. The van der Waals surface area contributed by atoms with Gasteiger partial charge in [0.2, 0.25) is 11.5 Å². The maximum Gasteiger partial charge on any atom is 0.203 e. The SMILES string of the molecule is COc1cc(C(=O)c2c(-c3ccc[nH]3)oc3c(O)c(OC)ccc23)cc(OC)c1OC. The Bertz CT molecular complexity index is 1230. The number of phenolic OH excluding ortho intramolecular Hbond substituents is 1. The maximum absolute atomic E-state index is 13.7. The number of phenols is 1. The number of methoxy groups -OCH3 is 4. The molecule has 0 spiro atoms. The third-order valence-corrected chi connectivity index (χ3v) is 5.01. The van der Waals surface area contributed by atoms with Crippen LogP contribution in [0.4, 0.5) is 0 Å². The zero-order chi connectivity index (χ0) is 22.1. The Labute approximate surface area is 177 Å². The fourth-order valence-corrected chi connectivity index (χ4v) is 3.54. The first kappa shape index (κ1) is 20.2. The molecule has 0 aliphatic heterocycles. The minimum absolute atomic E-state index is 0.153. The van der Waals surface area contributed by atoms with Crippen LogP contribution in [0.1, 0.15) is 15.9 Å². The first-order valence-electron chi connectivity index (χ1n) is 9.34. The monoisotopic (exact) mass is 423 g/mol. The first-order valence-corrected chi connectivity index (χ1v) is 9.34. The summed E-state index contributed by atoms with van der Waals surface area (Å²) in [6, 6.07) is 9.97. The second-order valence-corrected chi connectivity index (χ2v) is 6.63.